The highest BCUT2D eigenvalue weighted by Crippen LogP contribution is 2.18. The van der Waals surface area contributed by atoms with Crippen molar-refractivity contribution in [3.8, 4) is 0 Å². The largest absolute Gasteiger partial charge is 0.475 e. The van der Waals surface area contributed by atoms with Gasteiger partial charge in [0.05, 0.1) is 6.61 Å². The molecule has 2 heterocycles. The van der Waals surface area contributed by atoms with Gasteiger partial charge in [-0.15, -0.1) is 0 Å². The van der Waals surface area contributed by atoms with Crippen LogP contribution in [0.3, 0.4) is 0 Å². The highest BCUT2D eigenvalue weighted by molar-refractivity contribution is 5.93. The molecule has 0 fully saturated rings. The molecular formula is C14H15NO6. The lowest BCUT2D eigenvalue weighted by Gasteiger charge is -2.14. The van der Waals surface area contributed by atoms with E-state index in [9.17, 15) is 9.59 Å². The Kier molecular flexibility index (Phi) is 4.44. The molecule has 0 bridgehead atoms. The van der Waals surface area contributed by atoms with Crippen LogP contribution in [0.2, 0.25) is 0 Å². The predicted molar refractivity (Wildman–Crippen MR) is 71.2 cm³/mol. The van der Waals surface area contributed by atoms with E-state index in [1.165, 1.54) is 19.2 Å². The summed E-state index contributed by atoms with van der Waals surface area (Å²) in [5, 5.41) is 11.4. The fourth-order valence-electron chi connectivity index (χ4n) is 1.81. The second-order valence-electron chi connectivity index (χ2n) is 4.40. The van der Waals surface area contributed by atoms with Gasteiger partial charge in [0.2, 0.25) is 5.76 Å². The van der Waals surface area contributed by atoms with Gasteiger partial charge in [-0.25, -0.2) is 4.79 Å². The lowest BCUT2D eigenvalue weighted by molar-refractivity contribution is 0.0658. The normalized spacial score (nSPS) is 12.1. The summed E-state index contributed by atoms with van der Waals surface area (Å²) in [6.45, 7) is 2.01. The van der Waals surface area contributed by atoms with Crippen molar-refractivity contribution in [3.63, 3.8) is 0 Å². The zero-order valence-electron chi connectivity index (χ0n) is 11.6. The van der Waals surface area contributed by atoms with Crippen LogP contribution in [0.4, 0.5) is 0 Å². The zero-order chi connectivity index (χ0) is 15.4. The van der Waals surface area contributed by atoms with Crippen molar-refractivity contribution in [3.05, 3.63) is 47.3 Å². The molecule has 1 unspecified atom stereocenters. The summed E-state index contributed by atoms with van der Waals surface area (Å²) in [6.07, 6.45) is 0. The van der Waals surface area contributed by atoms with E-state index in [0.29, 0.717) is 11.5 Å². The molecule has 0 saturated heterocycles. The van der Waals surface area contributed by atoms with Crippen molar-refractivity contribution < 1.29 is 28.3 Å². The molecular weight excluding hydrogens is 278 g/mol. The van der Waals surface area contributed by atoms with Crippen molar-refractivity contribution in [1.82, 2.24) is 5.32 Å². The number of carbonyl (C=O) groups excluding carboxylic acids is 1. The van der Waals surface area contributed by atoms with Gasteiger partial charge in [0, 0.05) is 7.11 Å². The van der Waals surface area contributed by atoms with Gasteiger partial charge in [0.25, 0.3) is 5.91 Å². The summed E-state index contributed by atoms with van der Waals surface area (Å²) >= 11 is 0. The fraction of sp³-hybridized carbons (Fsp3) is 0.286. The molecule has 0 aliphatic carbocycles. The first-order valence-electron chi connectivity index (χ1n) is 6.20. The van der Waals surface area contributed by atoms with Crippen molar-refractivity contribution in [2.24, 2.45) is 0 Å². The molecule has 2 rings (SSSR count). The van der Waals surface area contributed by atoms with Crippen molar-refractivity contribution >= 4 is 11.9 Å². The number of carboxylic acids is 1. The molecule has 0 saturated carbocycles. The lowest BCUT2D eigenvalue weighted by atomic mass is 10.2. The quantitative estimate of drug-likeness (QED) is 0.844. The van der Waals surface area contributed by atoms with Crippen LogP contribution >= 0.6 is 0 Å². The number of carbonyl (C=O) groups is 2. The van der Waals surface area contributed by atoms with E-state index in [4.69, 9.17) is 18.7 Å². The Hall–Kier alpha value is -2.54. The number of furan rings is 2. The lowest BCUT2D eigenvalue weighted by Crippen LogP contribution is -2.30. The Morgan fingerprint density at radius 3 is 2.48 bits per heavy atom. The van der Waals surface area contributed by atoms with Crippen molar-refractivity contribution in [1.29, 1.82) is 0 Å². The molecule has 1 atom stereocenters. The van der Waals surface area contributed by atoms with Gasteiger partial charge in [0.1, 0.15) is 17.6 Å². The number of hydrogen-bond acceptors (Lipinski definition) is 5. The van der Waals surface area contributed by atoms with Crippen LogP contribution in [0, 0.1) is 6.92 Å². The Balaban J connectivity index is 2.12. The molecule has 21 heavy (non-hydrogen) atoms. The number of hydrogen-bond donors (Lipinski definition) is 2. The Morgan fingerprint density at radius 1 is 1.24 bits per heavy atom. The minimum absolute atomic E-state index is 0.0863. The first-order chi connectivity index (χ1) is 10.0. The van der Waals surface area contributed by atoms with Crippen LogP contribution in [0.15, 0.2) is 33.1 Å². The van der Waals surface area contributed by atoms with E-state index < -0.39 is 17.9 Å². The van der Waals surface area contributed by atoms with E-state index in [2.05, 4.69) is 5.32 Å². The average Bonchev–Trinajstić information content (AvgIpc) is 3.06. The predicted octanol–water partition coefficient (Wildman–Crippen LogP) is 2.00. The van der Waals surface area contributed by atoms with E-state index in [1.54, 1.807) is 19.1 Å². The van der Waals surface area contributed by atoms with Crippen LogP contribution in [0.25, 0.3) is 0 Å². The molecule has 0 aliphatic rings. The van der Waals surface area contributed by atoms with E-state index >= 15 is 0 Å². The molecule has 112 valence electrons. The van der Waals surface area contributed by atoms with Gasteiger partial charge in [-0.1, -0.05) is 0 Å². The minimum Gasteiger partial charge on any atom is -0.475 e. The number of nitrogens with one attached hydrogen (secondary N) is 1. The molecule has 7 heteroatoms. The topological polar surface area (TPSA) is 102 Å². The van der Waals surface area contributed by atoms with E-state index in [-0.39, 0.29) is 18.1 Å². The fourth-order valence-corrected chi connectivity index (χ4v) is 1.81. The number of carboxylic acid groups (broad SMARTS) is 1. The first-order valence-corrected chi connectivity index (χ1v) is 6.20. The average molecular weight is 293 g/mol. The Bertz CT molecular complexity index is 641. The molecule has 2 N–H and O–H groups in total. The van der Waals surface area contributed by atoms with Crippen molar-refractivity contribution in [2.75, 3.05) is 13.7 Å². The SMILES string of the molecule is COCC(NC(=O)c1ccc(C(=O)O)o1)c1ccc(C)o1. The maximum absolute atomic E-state index is 12.1. The molecule has 0 aromatic carbocycles. The highest BCUT2D eigenvalue weighted by Gasteiger charge is 2.21. The molecule has 2 aromatic rings. The third-order valence-corrected chi connectivity index (χ3v) is 2.78. The number of rotatable bonds is 6. The van der Waals surface area contributed by atoms with Gasteiger partial charge >= 0.3 is 5.97 Å². The first kappa shape index (κ1) is 14.9. The van der Waals surface area contributed by atoms with E-state index in [1.807, 2.05) is 0 Å². The van der Waals surface area contributed by atoms with Crippen LogP contribution in [0.5, 0.6) is 0 Å². The maximum atomic E-state index is 12.1. The van der Waals surface area contributed by atoms with Gasteiger partial charge < -0.3 is 24.0 Å². The van der Waals surface area contributed by atoms with E-state index in [0.717, 1.165) is 0 Å². The summed E-state index contributed by atoms with van der Waals surface area (Å²) in [5.74, 6) is -0.893. The molecule has 0 radical (unpaired) electrons. The summed E-state index contributed by atoms with van der Waals surface area (Å²) in [7, 11) is 1.50. The maximum Gasteiger partial charge on any atom is 0.371 e. The second-order valence-corrected chi connectivity index (χ2v) is 4.40. The summed E-state index contributed by atoms with van der Waals surface area (Å²) < 4.78 is 15.5. The number of amides is 1. The van der Waals surface area contributed by atoms with Gasteiger partial charge in [-0.05, 0) is 31.2 Å². The third kappa shape index (κ3) is 3.51. The molecule has 2 aromatic heterocycles. The van der Waals surface area contributed by atoms with Crippen molar-refractivity contribution in [2.45, 2.75) is 13.0 Å². The smallest absolute Gasteiger partial charge is 0.371 e. The van der Waals surface area contributed by atoms with Crippen LogP contribution in [0.1, 0.15) is 38.7 Å². The van der Waals surface area contributed by atoms with Crippen LogP contribution < -0.4 is 5.32 Å². The van der Waals surface area contributed by atoms with Crippen LogP contribution in [-0.2, 0) is 4.74 Å². The monoisotopic (exact) mass is 293 g/mol. The summed E-state index contributed by atoms with van der Waals surface area (Å²) in [6, 6.07) is 5.55. The summed E-state index contributed by atoms with van der Waals surface area (Å²) in [4.78, 5) is 22.8. The second kappa shape index (κ2) is 6.27. The number of aromatic carboxylic acids is 1. The van der Waals surface area contributed by atoms with Gasteiger partial charge in [0.15, 0.2) is 5.76 Å². The van der Waals surface area contributed by atoms with Crippen LogP contribution in [-0.4, -0.2) is 30.7 Å². The Labute approximate surface area is 120 Å². The molecule has 7 nitrogen and oxygen atoms in total. The van der Waals surface area contributed by atoms with Gasteiger partial charge in [-0.2, -0.15) is 0 Å². The Morgan fingerprint density at radius 2 is 1.95 bits per heavy atom. The van der Waals surface area contributed by atoms with Gasteiger partial charge in [-0.3, -0.25) is 4.79 Å². The molecule has 0 aliphatic heterocycles. The number of methoxy groups -OCH3 is 1. The summed E-state index contributed by atoms with van der Waals surface area (Å²) in [5.41, 5.74) is 0. The highest BCUT2D eigenvalue weighted by atomic mass is 16.5. The molecule has 1 amide bonds. The standard InChI is InChI=1S/C14H15NO6/c1-8-3-4-10(20-8)9(7-19-2)15-13(16)11-5-6-12(21-11)14(17)18/h3-6,9H,7H2,1-2H3,(H,15,16)(H,17,18). The minimum atomic E-state index is -1.23. The third-order valence-electron chi connectivity index (χ3n) is 2.78. The molecule has 0 spiro atoms. The number of aryl methyl sites for hydroxylation is 1. The number of ether oxygens (including phenoxy) is 1. The zero-order valence-corrected chi connectivity index (χ0v) is 11.6.